The molecule has 3 heterocycles. The zero-order chi connectivity index (χ0) is 23.4. The number of hydrogen-bond donors (Lipinski definition) is 1. The summed E-state index contributed by atoms with van der Waals surface area (Å²) in [6.45, 7) is 6.21. The highest BCUT2D eigenvalue weighted by Crippen LogP contribution is 2.24. The van der Waals surface area contributed by atoms with Gasteiger partial charge in [-0.3, -0.25) is 9.59 Å². The fourth-order valence-corrected chi connectivity index (χ4v) is 4.23. The number of amides is 2. The Balaban J connectivity index is 1.47. The van der Waals surface area contributed by atoms with Crippen LogP contribution >= 0.6 is 0 Å². The first-order valence-electron chi connectivity index (χ1n) is 11.5. The number of benzene rings is 1. The Morgan fingerprint density at radius 2 is 1.97 bits per heavy atom. The molecule has 2 amide bonds. The number of rotatable bonds is 6. The van der Waals surface area contributed by atoms with Crippen molar-refractivity contribution in [2.24, 2.45) is 11.8 Å². The second-order valence-electron chi connectivity index (χ2n) is 8.86. The van der Waals surface area contributed by atoms with Crippen molar-refractivity contribution in [3.8, 4) is 0 Å². The van der Waals surface area contributed by atoms with Crippen LogP contribution in [-0.4, -0.2) is 57.8 Å². The Bertz CT molecular complexity index is 1010. The van der Waals surface area contributed by atoms with Crippen LogP contribution in [0, 0.1) is 11.8 Å². The zero-order valence-corrected chi connectivity index (χ0v) is 19.0. The van der Waals surface area contributed by atoms with Gasteiger partial charge in [0.05, 0.1) is 18.6 Å². The molecule has 2 aliphatic heterocycles. The molecule has 1 aromatic carbocycles. The van der Waals surface area contributed by atoms with Crippen LogP contribution in [0.3, 0.4) is 0 Å². The molecular formula is C24H30FN5O3. The maximum atomic E-state index is 14.6. The van der Waals surface area contributed by atoms with Crippen molar-refractivity contribution >= 4 is 17.9 Å². The molecule has 0 saturated carbocycles. The normalized spacial score (nSPS) is 19.8. The lowest BCUT2D eigenvalue weighted by atomic mass is 10.0. The molecule has 2 aliphatic rings. The number of nitrogens with one attached hydrogen (secondary N) is 1. The lowest BCUT2D eigenvalue weighted by Crippen LogP contribution is -2.38. The van der Waals surface area contributed by atoms with E-state index in [0.29, 0.717) is 57.1 Å². The lowest BCUT2D eigenvalue weighted by Gasteiger charge is -2.24. The van der Waals surface area contributed by atoms with Gasteiger partial charge in [-0.25, -0.2) is 4.39 Å². The third-order valence-electron chi connectivity index (χ3n) is 6.18. The van der Waals surface area contributed by atoms with Crippen LogP contribution in [-0.2, 0) is 27.3 Å². The Kier molecular flexibility index (Phi) is 7.17. The monoisotopic (exact) mass is 455 g/mol. The van der Waals surface area contributed by atoms with Gasteiger partial charge >= 0.3 is 0 Å². The van der Waals surface area contributed by atoms with Crippen LogP contribution in [0.2, 0.25) is 0 Å². The molecule has 2 atom stereocenters. The van der Waals surface area contributed by atoms with Gasteiger partial charge < -0.3 is 19.5 Å². The first-order valence-corrected chi connectivity index (χ1v) is 11.5. The number of halogens is 1. The number of fused-ring (bicyclic) bond motifs is 1. The predicted molar refractivity (Wildman–Crippen MR) is 120 cm³/mol. The van der Waals surface area contributed by atoms with Gasteiger partial charge in [0, 0.05) is 32.7 Å². The number of hydrogen-bond acceptors (Lipinski definition) is 5. The smallest absolute Gasteiger partial charge is 0.282 e. The van der Waals surface area contributed by atoms with E-state index in [9.17, 15) is 14.0 Å². The Morgan fingerprint density at radius 1 is 1.18 bits per heavy atom. The second kappa shape index (κ2) is 10.2. The van der Waals surface area contributed by atoms with Gasteiger partial charge in [-0.05, 0) is 24.0 Å². The van der Waals surface area contributed by atoms with Crippen molar-refractivity contribution in [2.75, 3.05) is 26.3 Å². The van der Waals surface area contributed by atoms with Gasteiger partial charge in [-0.15, -0.1) is 10.2 Å². The van der Waals surface area contributed by atoms with Gasteiger partial charge in [-0.1, -0.05) is 44.2 Å². The fraction of sp³-hybridized carbons (Fsp3) is 0.500. The minimum Gasteiger partial charge on any atom is -0.381 e. The van der Waals surface area contributed by atoms with Gasteiger partial charge in [-0.2, -0.15) is 0 Å². The first kappa shape index (κ1) is 23.1. The Morgan fingerprint density at radius 3 is 2.67 bits per heavy atom. The number of carbonyl (C=O) groups excluding carboxylic acids is 2. The van der Waals surface area contributed by atoms with Crippen molar-refractivity contribution in [1.82, 2.24) is 25.0 Å². The van der Waals surface area contributed by atoms with Crippen LogP contribution in [0.5, 0.6) is 0 Å². The number of ether oxygens (including phenoxy) is 1. The molecule has 9 heteroatoms. The highest BCUT2D eigenvalue weighted by Gasteiger charge is 2.32. The highest BCUT2D eigenvalue weighted by atomic mass is 19.1. The van der Waals surface area contributed by atoms with Crippen LogP contribution in [0.1, 0.15) is 43.5 Å². The third kappa shape index (κ3) is 5.30. The van der Waals surface area contributed by atoms with Gasteiger partial charge in [0.15, 0.2) is 11.7 Å². The summed E-state index contributed by atoms with van der Waals surface area (Å²) in [6.07, 6.45) is 2.44. The molecule has 4 rings (SSSR count). The van der Waals surface area contributed by atoms with E-state index in [4.69, 9.17) is 4.74 Å². The summed E-state index contributed by atoms with van der Waals surface area (Å²) in [5, 5.41) is 11.8. The van der Waals surface area contributed by atoms with E-state index in [1.165, 1.54) is 11.0 Å². The third-order valence-corrected chi connectivity index (χ3v) is 6.18. The van der Waals surface area contributed by atoms with E-state index < -0.39 is 11.7 Å². The van der Waals surface area contributed by atoms with E-state index in [2.05, 4.69) is 15.5 Å². The molecule has 1 N–H and O–H groups in total. The standard InChI is InChI=1S/C24H30FN5O3/c1-16(2)21(26-23(31)18-9-13-33-15-18)22-28-27-20-8-10-29(11-12-30(20)22)24(32)19(25)14-17-6-4-3-5-7-17/h3-7,14,16,18,21H,8-13,15H2,1-2H3,(H,26,31)/b19-14-. The van der Waals surface area contributed by atoms with Crippen molar-refractivity contribution in [3.05, 3.63) is 53.4 Å². The van der Waals surface area contributed by atoms with Crippen molar-refractivity contribution in [3.63, 3.8) is 0 Å². The maximum Gasteiger partial charge on any atom is 0.282 e. The molecule has 8 nitrogen and oxygen atoms in total. The second-order valence-corrected chi connectivity index (χ2v) is 8.86. The summed E-state index contributed by atoms with van der Waals surface area (Å²) >= 11 is 0. The summed E-state index contributed by atoms with van der Waals surface area (Å²) in [6, 6.07) is 8.63. The topological polar surface area (TPSA) is 89.3 Å². The molecule has 2 aromatic rings. The molecule has 33 heavy (non-hydrogen) atoms. The molecule has 1 aromatic heterocycles. The number of nitrogens with zero attached hydrogens (tertiary/aromatic N) is 4. The van der Waals surface area contributed by atoms with E-state index in [1.54, 1.807) is 24.3 Å². The maximum absolute atomic E-state index is 14.6. The van der Waals surface area contributed by atoms with E-state index >= 15 is 0 Å². The molecular weight excluding hydrogens is 425 g/mol. The minimum absolute atomic E-state index is 0.0397. The van der Waals surface area contributed by atoms with Crippen LogP contribution in [0.15, 0.2) is 36.2 Å². The van der Waals surface area contributed by atoms with Gasteiger partial charge in [0.1, 0.15) is 5.82 Å². The Hall–Kier alpha value is -3.07. The van der Waals surface area contributed by atoms with Crippen LogP contribution in [0.4, 0.5) is 4.39 Å². The highest BCUT2D eigenvalue weighted by molar-refractivity contribution is 5.95. The van der Waals surface area contributed by atoms with Crippen molar-refractivity contribution < 1.29 is 18.7 Å². The molecule has 0 radical (unpaired) electrons. The average molecular weight is 456 g/mol. The summed E-state index contributed by atoms with van der Waals surface area (Å²) in [5.74, 6) is -0.109. The van der Waals surface area contributed by atoms with E-state index in [0.717, 1.165) is 5.82 Å². The quantitative estimate of drug-likeness (QED) is 0.676. The van der Waals surface area contributed by atoms with Crippen LogP contribution in [0.25, 0.3) is 6.08 Å². The SMILES string of the molecule is CC(C)C(NC(=O)C1CCOC1)c1nnc2n1CCN(C(=O)/C(F)=C/c1ccccc1)CC2. The summed E-state index contributed by atoms with van der Waals surface area (Å²) in [5.41, 5.74) is 0.640. The summed E-state index contributed by atoms with van der Waals surface area (Å²) in [4.78, 5) is 26.9. The van der Waals surface area contributed by atoms with Crippen molar-refractivity contribution in [1.29, 1.82) is 0 Å². The van der Waals surface area contributed by atoms with Crippen LogP contribution < -0.4 is 5.32 Å². The Labute approximate surface area is 192 Å². The lowest BCUT2D eigenvalue weighted by molar-refractivity contribution is -0.128. The van der Waals surface area contributed by atoms with E-state index in [1.807, 2.05) is 24.5 Å². The average Bonchev–Trinajstić information content (AvgIpc) is 3.44. The molecule has 0 aliphatic carbocycles. The largest absolute Gasteiger partial charge is 0.381 e. The zero-order valence-electron chi connectivity index (χ0n) is 19.0. The van der Waals surface area contributed by atoms with Crippen molar-refractivity contribution in [2.45, 2.75) is 39.3 Å². The van der Waals surface area contributed by atoms with Gasteiger partial charge in [0.2, 0.25) is 5.91 Å². The molecule has 2 unspecified atom stereocenters. The fourth-order valence-electron chi connectivity index (χ4n) is 4.23. The number of carbonyl (C=O) groups is 2. The molecule has 176 valence electrons. The minimum atomic E-state index is -0.787. The number of aromatic nitrogens is 3. The molecule has 1 saturated heterocycles. The molecule has 0 bridgehead atoms. The summed E-state index contributed by atoms with van der Waals surface area (Å²) < 4.78 is 21.9. The molecule has 0 spiro atoms. The molecule has 1 fully saturated rings. The van der Waals surface area contributed by atoms with Gasteiger partial charge in [0.25, 0.3) is 5.91 Å². The van der Waals surface area contributed by atoms with E-state index in [-0.39, 0.29) is 23.8 Å². The first-order chi connectivity index (χ1) is 15.9. The summed E-state index contributed by atoms with van der Waals surface area (Å²) in [7, 11) is 0. The predicted octanol–water partition coefficient (Wildman–Crippen LogP) is 2.52.